The SMILES string of the molecule is CCC(C)C(NC(=O)C(CCC(=O)O)NC(=O)C1CCCN1)C(=O)NC(CCCCN)C(=O)O. The van der Waals surface area contributed by atoms with Crippen molar-refractivity contribution in [3.8, 4) is 0 Å². The molecule has 1 heterocycles. The van der Waals surface area contributed by atoms with Crippen LogP contribution >= 0.6 is 0 Å². The minimum Gasteiger partial charge on any atom is -0.481 e. The van der Waals surface area contributed by atoms with Crippen molar-refractivity contribution in [2.45, 2.75) is 89.4 Å². The zero-order chi connectivity index (χ0) is 25.7. The number of carbonyl (C=O) groups is 5. The summed E-state index contributed by atoms with van der Waals surface area (Å²) in [6.07, 6.45) is 2.78. The first-order chi connectivity index (χ1) is 16.1. The molecular weight excluding hydrogens is 446 g/mol. The van der Waals surface area contributed by atoms with Crippen LogP contribution in [0.1, 0.15) is 65.2 Å². The van der Waals surface area contributed by atoms with Gasteiger partial charge in [-0.1, -0.05) is 20.3 Å². The third-order valence-electron chi connectivity index (χ3n) is 6.01. The zero-order valence-electron chi connectivity index (χ0n) is 20.0. The van der Waals surface area contributed by atoms with E-state index in [1.807, 2.05) is 6.92 Å². The number of carboxylic acid groups (broad SMARTS) is 2. The fourth-order valence-electron chi connectivity index (χ4n) is 3.68. The van der Waals surface area contributed by atoms with Crippen LogP contribution in [0.15, 0.2) is 0 Å². The van der Waals surface area contributed by atoms with Gasteiger partial charge < -0.3 is 37.2 Å². The van der Waals surface area contributed by atoms with Crippen LogP contribution in [0.3, 0.4) is 0 Å². The normalized spacial score (nSPS) is 18.9. The van der Waals surface area contributed by atoms with E-state index in [9.17, 15) is 29.1 Å². The minimum atomic E-state index is -1.18. The Bertz CT molecular complexity index is 712. The van der Waals surface area contributed by atoms with Crippen LogP contribution in [-0.2, 0) is 24.0 Å². The molecule has 34 heavy (non-hydrogen) atoms. The molecule has 5 unspecified atom stereocenters. The lowest BCUT2D eigenvalue weighted by Gasteiger charge is -2.28. The molecule has 1 rings (SSSR count). The smallest absolute Gasteiger partial charge is 0.326 e. The molecule has 0 spiro atoms. The third kappa shape index (κ3) is 10.0. The van der Waals surface area contributed by atoms with Gasteiger partial charge in [0.25, 0.3) is 0 Å². The summed E-state index contributed by atoms with van der Waals surface area (Å²) in [7, 11) is 0. The first kappa shape index (κ1) is 29.3. The van der Waals surface area contributed by atoms with E-state index in [0.717, 1.165) is 6.42 Å². The predicted molar refractivity (Wildman–Crippen MR) is 124 cm³/mol. The molecule has 3 amide bonds. The van der Waals surface area contributed by atoms with Gasteiger partial charge in [-0.2, -0.15) is 0 Å². The lowest BCUT2D eigenvalue weighted by molar-refractivity contribution is -0.143. The summed E-state index contributed by atoms with van der Waals surface area (Å²) < 4.78 is 0. The molecular formula is C22H39N5O7. The van der Waals surface area contributed by atoms with E-state index in [-0.39, 0.29) is 25.2 Å². The monoisotopic (exact) mass is 485 g/mol. The highest BCUT2D eigenvalue weighted by atomic mass is 16.4. The molecule has 0 radical (unpaired) electrons. The van der Waals surface area contributed by atoms with Crippen LogP contribution in [0.25, 0.3) is 0 Å². The summed E-state index contributed by atoms with van der Waals surface area (Å²) in [4.78, 5) is 61.1. The Labute approximate surface area is 199 Å². The number of nitrogens with two attached hydrogens (primary N) is 1. The maximum absolute atomic E-state index is 13.0. The lowest BCUT2D eigenvalue weighted by Crippen LogP contribution is -2.58. The van der Waals surface area contributed by atoms with Crippen molar-refractivity contribution < 1.29 is 34.2 Å². The Hall–Kier alpha value is -2.73. The molecule has 0 aromatic heterocycles. The average Bonchev–Trinajstić information content (AvgIpc) is 3.33. The molecule has 0 aromatic carbocycles. The van der Waals surface area contributed by atoms with Gasteiger partial charge in [0.05, 0.1) is 6.04 Å². The summed E-state index contributed by atoms with van der Waals surface area (Å²) in [5, 5.41) is 29.2. The zero-order valence-corrected chi connectivity index (χ0v) is 20.0. The highest BCUT2D eigenvalue weighted by molar-refractivity contribution is 5.94. The van der Waals surface area contributed by atoms with Crippen molar-refractivity contribution >= 4 is 29.7 Å². The van der Waals surface area contributed by atoms with Crippen molar-refractivity contribution in [1.82, 2.24) is 21.3 Å². The number of hydrogen-bond donors (Lipinski definition) is 7. The Morgan fingerprint density at radius 2 is 1.71 bits per heavy atom. The second kappa shape index (κ2) is 15.2. The Balaban J connectivity index is 2.93. The number of carboxylic acids is 2. The molecule has 1 aliphatic heterocycles. The molecule has 1 saturated heterocycles. The second-order valence-corrected chi connectivity index (χ2v) is 8.70. The van der Waals surface area contributed by atoms with Gasteiger partial charge in [0.15, 0.2) is 0 Å². The standard InChI is InChI=1S/C22H39N5O7/c1-3-13(2)18(21(32)26-16(22(33)34)7-4-5-11-23)27-20(31)15(9-10-17(28)29)25-19(30)14-8-6-12-24-14/h13-16,18,24H,3-12,23H2,1-2H3,(H,25,30)(H,26,32)(H,27,31)(H,28,29)(H,33,34). The predicted octanol–water partition coefficient (Wildman–Crippen LogP) is -0.683. The van der Waals surface area contributed by atoms with Gasteiger partial charge in [-0.05, 0) is 57.5 Å². The number of amides is 3. The van der Waals surface area contributed by atoms with Gasteiger partial charge in [0.1, 0.15) is 18.1 Å². The summed E-state index contributed by atoms with van der Waals surface area (Å²) in [5.74, 6) is -4.39. The summed E-state index contributed by atoms with van der Waals surface area (Å²) in [6.45, 7) is 4.65. The summed E-state index contributed by atoms with van der Waals surface area (Å²) >= 11 is 0. The summed E-state index contributed by atoms with van der Waals surface area (Å²) in [6, 6.07) is -3.79. The molecule has 12 nitrogen and oxygen atoms in total. The van der Waals surface area contributed by atoms with Gasteiger partial charge in [-0.3, -0.25) is 19.2 Å². The van der Waals surface area contributed by atoms with Crippen LogP contribution < -0.4 is 27.0 Å². The van der Waals surface area contributed by atoms with E-state index in [4.69, 9.17) is 10.8 Å². The molecule has 1 aliphatic rings. The molecule has 0 bridgehead atoms. The van der Waals surface area contributed by atoms with Crippen LogP contribution in [-0.4, -0.2) is 77.1 Å². The molecule has 0 aliphatic carbocycles. The molecule has 8 N–H and O–H groups in total. The second-order valence-electron chi connectivity index (χ2n) is 8.70. The Morgan fingerprint density at radius 3 is 2.24 bits per heavy atom. The van der Waals surface area contributed by atoms with Crippen molar-refractivity contribution in [1.29, 1.82) is 0 Å². The fourth-order valence-corrected chi connectivity index (χ4v) is 3.68. The summed E-state index contributed by atoms with van der Waals surface area (Å²) in [5.41, 5.74) is 5.45. The molecule has 1 fully saturated rings. The quantitative estimate of drug-likeness (QED) is 0.138. The van der Waals surface area contributed by atoms with Gasteiger partial charge in [0.2, 0.25) is 17.7 Å². The average molecular weight is 486 g/mol. The number of carbonyl (C=O) groups excluding carboxylic acids is 3. The van der Waals surface area contributed by atoms with Crippen LogP contribution in [0.4, 0.5) is 0 Å². The van der Waals surface area contributed by atoms with E-state index >= 15 is 0 Å². The number of unbranched alkanes of at least 4 members (excludes halogenated alkanes) is 1. The maximum Gasteiger partial charge on any atom is 0.326 e. The number of aliphatic carboxylic acids is 2. The highest BCUT2D eigenvalue weighted by Gasteiger charge is 2.33. The molecule has 194 valence electrons. The van der Waals surface area contributed by atoms with Crippen LogP contribution in [0.5, 0.6) is 0 Å². The topological polar surface area (TPSA) is 200 Å². The fraction of sp³-hybridized carbons (Fsp3) is 0.773. The minimum absolute atomic E-state index is 0.148. The number of rotatable bonds is 16. The number of hydrogen-bond acceptors (Lipinski definition) is 7. The van der Waals surface area contributed by atoms with Crippen molar-refractivity contribution in [2.75, 3.05) is 13.1 Å². The van der Waals surface area contributed by atoms with E-state index in [1.165, 1.54) is 0 Å². The Morgan fingerprint density at radius 1 is 1.00 bits per heavy atom. The largest absolute Gasteiger partial charge is 0.481 e. The highest BCUT2D eigenvalue weighted by Crippen LogP contribution is 2.12. The van der Waals surface area contributed by atoms with Gasteiger partial charge in [0, 0.05) is 6.42 Å². The van der Waals surface area contributed by atoms with Gasteiger partial charge in [-0.25, -0.2) is 4.79 Å². The van der Waals surface area contributed by atoms with E-state index in [2.05, 4.69) is 21.3 Å². The van der Waals surface area contributed by atoms with Gasteiger partial charge in [-0.15, -0.1) is 0 Å². The van der Waals surface area contributed by atoms with Crippen molar-refractivity contribution in [3.05, 3.63) is 0 Å². The van der Waals surface area contributed by atoms with Crippen molar-refractivity contribution in [2.24, 2.45) is 11.7 Å². The lowest BCUT2D eigenvalue weighted by atomic mass is 9.96. The van der Waals surface area contributed by atoms with Gasteiger partial charge >= 0.3 is 11.9 Å². The molecule has 0 saturated carbocycles. The Kier molecular flexibility index (Phi) is 13.1. The van der Waals surface area contributed by atoms with E-state index in [1.54, 1.807) is 6.92 Å². The maximum atomic E-state index is 13.0. The first-order valence-corrected chi connectivity index (χ1v) is 11.9. The number of nitrogens with one attached hydrogen (secondary N) is 4. The first-order valence-electron chi connectivity index (χ1n) is 11.9. The van der Waals surface area contributed by atoms with Crippen LogP contribution in [0.2, 0.25) is 0 Å². The third-order valence-corrected chi connectivity index (χ3v) is 6.01. The molecule has 12 heteroatoms. The van der Waals surface area contributed by atoms with Crippen LogP contribution in [0, 0.1) is 5.92 Å². The van der Waals surface area contributed by atoms with Crippen molar-refractivity contribution in [3.63, 3.8) is 0 Å². The molecule has 0 aromatic rings. The van der Waals surface area contributed by atoms with E-state index < -0.39 is 53.8 Å². The molecule has 5 atom stereocenters. The van der Waals surface area contributed by atoms with E-state index in [0.29, 0.717) is 38.8 Å².